The molecule has 6 nitrogen and oxygen atoms in total. The first-order chi connectivity index (χ1) is 12.0. The van der Waals surface area contributed by atoms with Crippen LogP contribution in [0.2, 0.25) is 0 Å². The average Bonchev–Trinajstić information content (AvgIpc) is 2.60. The minimum atomic E-state index is -0.543. The maximum Gasteiger partial charge on any atom is 0.251 e. The van der Waals surface area contributed by atoms with Gasteiger partial charge in [0.2, 0.25) is 5.91 Å². The molecule has 25 heavy (non-hydrogen) atoms. The second kappa shape index (κ2) is 9.53. The molecule has 1 fully saturated rings. The number of nitrogens with zero attached hydrogens (tertiary/aromatic N) is 1. The van der Waals surface area contributed by atoms with E-state index in [-0.39, 0.29) is 17.7 Å². The van der Waals surface area contributed by atoms with Gasteiger partial charge in [-0.1, -0.05) is 31.5 Å². The van der Waals surface area contributed by atoms with E-state index in [1.54, 1.807) is 12.1 Å². The maximum absolute atomic E-state index is 12.5. The van der Waals surface area contributed by atoms with Crippen molar-refractivity contribution in [2.24, 2.45) is 5.92 Å². The monoisotopic (exact) mass is 347 g/mol. The highest BCUT2D eigenvalue weighted by atomic mass is 16.5. The molecule has 0 aromatic heterocycles. The van der Waals surface area contributed by atoms with Crippen molar-refractivity contribution in [2.45, 2.75) is 26.8 Å². The molecular formula is C19H29N3O3. The van der Waals surface area contributed by atoms with E-state index >= 15 is 0 Å². The fourth-order valence-electron chi connectivity index (χ4n) is 2.74. The topological polar surface area (TPSA) is 70.7 Å². The molecule has 1 aliphatic heterocycles. The van der Waals surface area contributed by atoms with Gasteiger partial charge in [-0.3, -0.25) is 14.5 Å². The summed E-state index contributed by atoms with van der Waals surface area (Å²) in [6, 6.07) is 6.79. The first-order valence-electron chi connectivity index (χ1n) is 8.92. The second-order valence-electron chi connectivity index (χ2n) is 6.81. The second-order valence-corrected chi connectivity index (χ2v) is 6.81. The molecular weight excluding hydrogens is 318 g/mol. The molecule has 2 rings (SSSR count). The lowest BCUT2D eigenvalue weighted by Gasteiger charge is -2.27. The summed E-state index contributed by atoms with van der Waals surface area (Å²) in [6.07, 6.45) is 0. The Balaban J connectivity index is 1.84. The van der Waals surface area contributed by atoms with Gasteiger partial charge in [0.15, 0.2) is 0 Å². The van der Waals surface area contributed by atoms with Crippen LogP contribution in [0.3, 0.4) is 0 Å². The van der Waals surface area contributed by atoms with Crippen LogP contribution in [0.1, 0.15) is 29.8 Å². The lowest BCUT2D eigenvalue weighted by molar-refractivity contribution is -0.124. The molecule has 1 aliphatic rings. The van der Waals surface area contributed by atoms with E-state index in [9.17, 15) is 9.59 Å². The highest BCUT2D eigenvalue weighted by Crippen LogP contribution is 2.07. The minimum Gasteiger partial charge on any atom is -0.379 e. The van der Waals surface area contributed by atoms with Crippen molar-refractivity contribution in [1.82, 2.24) is 15.5 Å². The van der Waals surface area contributed by atoms with Crippen molar-refractivity contribution in [3.05, 3.63) is 35.4 Å². The fourth-order valence-corrected chi connectivity index (χ4v) is 2.74. The molecule has 0 unspecified atom stereocenters. The number of ether oxygens (including phenoxy) is 1. The van der Waals surface area contributed by atoms with Crippen molar-refractivity contribution < 1.29 is 14.3 Å². The number of carbonyl (C=O) groups excluding carboxylic acids is 2. The number of aryl methyl sites for hydroxylation is 1. The van der Waals surface area contributed by atoms with Gasteiger partial charge in [-0.15, -0.1) is 0 Å². The van der Waals surface area contributed by atoms with Gasteiger partial charge >= 0.3 is 0 Å². The normalized spacial score (nSPS) is 16.5. The third-order valence-corrected chi connectivity index (χ3v) is 4.38. The standard InChI is InChI=1S/C19H29N3O3/c1-14(2)17(21-18(23)16-6-4-15(3)5-7-16)19(24)20-8-9-22-10-12-25-13-11-22/h4-7,14,17H,8-13H2,1-3H3,(H,20,24)(H,21,23)/t17-/m1/s1. The summed E-state index contributed by atoms with van der Waals surface area (Å²) >= 11 is 0. The van der Waals surface area contributed by atoms with Crippen LogP contribution in [0.15, 0.2) is 24.3 Å². The molecule has 0 radical (unpaired) electrons. The Morgan fingerprint density at radius 1 is 1.16 bits per heavy atom. The first-order valence-corrected chi connectivity index (χ1v) is 8.92. The van der Waals surface area contributed by atoms with Crippen LogP contribution in [0.5, 0.6) is 0 Å². The predicted octanol–water partition coefficient (Wildman–Crippen LogP) is 1.20. The molecule has 1 atom stereocenters. The van der Waals surface area contributed by atoms with Gasteiger partial charge in [0.25, 0.3) is 5.91 Å². The Morgan fingerprint density at radius 3 is 2.40 bits per heavy atom. The van der Waals surface area contributed by atoms with Crippen molar-refractivity contribution in [3.8, 4) is 0 Å². The van der Waals surface area contributed by atoms with Gasteiger partial charge in [-0.05, 0) is 25.0 Å². The summed E-state index contributed by atoms with van der Waals surface area (Å²) in [5.74, 6) is -0.344. The predicted molar refractivity (Wildman–Crippen MR) is 97.5 cm³/mol. The van der Waals surface area contributed by atoms with Crippen molar-refractivity contribution in [3.63, 3.8) is 0 Å². The summed E-state index contributed by atoms with van der Waals surface area (Å²) in [7, 11) is 0. The van der Waals surface area contributed by atoms with E-state index in [0.29, 0.717) is 12.1 Å². The van der Waals surface area contributed by atoms with Crippen LogP contribution in [0.4, 0.5) is 0 Å². The number of benzene rings is 1. The number of amides is 2. The molecule has 2 N–H and O–H groups in total. The number of hydrogen-bond donors (Lipinski definition) is 2. The molecule has 0 spiro atoms. The summed E-state index contributed by atoms with van der Waals surface area (Å²) in [5, 5.41) is 5.80. The smallest absolute Gasteiger partial charge is 0.251 e. The average molecular weight is 347 g/mol. The van der Waals surface area contributed by atoms with E-state index in [1.807, 2.05) is 32.9 Å². The third-order valence-electron chi connectivity index (χ3n) is 4.38. The van der Waals surface area contributed by atoms with Crippen LogP contribution in [0, 0.1) is 12.8 Å². The van der Waals surface area contributed by atoms with Crippen LogP contribution >= 0.6 is 0 Å². The highest BCUT2D eigenvalue weighted by Gasteiger charge is 2.24. The lowest BCUT2D eigenvalue weighted by Crippen LogP contribution is -2.51. The number of carbonyl (C=O) groups is 2. The Labute approximate surface area is 149 Å². The van der Waals surface area contributed by atoms with E-state index in [2.05, 4.69) is 15.5 Å². The Hall–Kier alpha value is -1.92. The molecule has 0 aliphatic carbocycles. The SMILES string of the molecule is Cc1ccc(C(=O)N[C@@H](C(=O)NCCN2CCOCC2)C(C)C)cc1. The molecule has 2 amide bonds. The zero-order valence-electron chi connectivity index (χ0n) is 15.4. The summed E-state index contributed by atoms with van der Waals surface area (Å²) < 4.78 is 5.31. The Morgan fingerprint density at radius 2 is 1.80 bits per heavy atom. The van der Waals surface area contributed by atoms with Crippen LogP contribution in [0.25, 0.3) is 0 Å². The van der Waals surface area contributed by atoms with Gasteiger partial charge in [0, 0.05) is 31.7 Å². The van der Waals surface area contributed by atoms with Gasteiger partial charge in [0.1, 0.15) is 6.04 Å². The molecule has 6 heteroatoms. The van der Waals surface area contributed by atoms with Gasteiger partial charge in [0.05, 0.1) is 13.2 Å². The molecule has 1 saturated heterocycles. The summed E-state index contributed by atoms with van der Waals surface area (Å²) in [6.45, 7) is 10.5. The molecule has 138 valence electrons. The van der Waals surface area contributed by atoms with Crippen molar-refractivity contribution in [2.75, 3.05) is 39.4 Å². The Bertz CT molecular complexity index is 566. The largest absolute Gasteiger partial charge is 0.379 e. The lowest BCUT2D eigenvalue weighted by atomic mass is 10.0. The van der Waals surface area contributed by atoms with Crippen molar-refractivity contribution >= 4 is 11.8 Å². The van der Waals surface area contributed by atoms with Crippen LogP contribution in [-0.2, 0) is 9.53 Å². The van der Waals surface area contributed by atoms with Gasteiger partial charge < -0.3 is 15.4 Å². The number of rotatable bonds is 7. The van der Waals surface area contributed by atoms with Crippen molar-refractivity contribution in [1.29, 1.82) is 0 Å². The summed E-state index contributed by atoms with van der Waals surface area (Å²) in [4.78, 5) is 27.1. The van der Waals surface area contributed by atoms with E-state index < -0.39 is 6.04 Å². The maximum atomic E-state index is 12.5. The van der Waals surface area contributed by atoms with Gasteiger partial charge in [-0.2, -0.15) is 0 Å². The highest BCUT2D eigenvalue weighted by molar-refractivity contribution is 5.97. The van der Waals surface area contributed by atoms with Crippen LogP contribution < -0.4 is 10.6 Å². The first kappa shape index (κ1) is 19.4. The quantitative estimate of drug-likeness (QED) is 0.777. The minimum absolute atomic E-state index is 0.0118. The fraction of sp³-hybridized carbons (Fsp3) is 0.579. The number of nitrogens with one attached hydrogen (secondary N) is 2. The molecule has 1 aromatic carbocycles. The zero-order chi connectivity index (χ0) is 18.2. The molecule has 0 saturated carbocycles. The number of morpholine rings is 1. The third kappa shape index (κ3) is 6.14. The van der Waals surface area contributed by atoms with Gasteiger partial charge in [-0.25, -0.2) is 0 Å². The zero-order valence-corrected chi connectivity index (χ0v) is 15.4. The summed E-state index contributed by atoms with van der Waals surface area (Å²) in [5.41, 5.74) is 1.66. The molecule has 0 bridgehead atoms. The van der Waals surface area contributed by atoms with E-state index in [0.717, 1.165) is 38.4 Å². The molecule has 1 heterocycles. The molecule has 1 aromatic rings. The van der Waals surface area contributed by atoms with E-state index in [1.165, 1.54) is 0 Å². The van der Waals surface area contributed by atoms with Crippen LogP contribution in [-0.4, -0.2) is 62.1 Å². The van der Waals surface area contributed by atoms with E-state index in [4.69, 9.17) is 4.74 Å². The number of hydrogen-bond acceptors (Lipinski definition) is 4. The Kier molecular flexibility index (Phi) is 7.40.